The smallest absolute Gasteiger partial charge is 0.323 e. The Bertz CT molecular complexity index is 967. The lowest BCUT2D eigenvalue weighted by Crippen LogP contribution is -2.40. The van der Waals surface area contributed by atoms with Crippen LogP contribution in [0.3, 0.4) is 0 Å². The standard InChI is InChI=1S/C27H38N2O6/c1-19-22(7-3-9-25(19)34-15-5-12-28-24(18-30)27(32)33)23-8-4-10-26(20(23)2)35-16-6-13-29-14-11-21(31)17-29/h3-4,7-10,21,24,28,30-31H,5-6,11-18H2,1-2H3,(H,32,33)/t21-,24+/m1/s1. The van der Waals surface area contributed by atoms with Crippen molar-refractivity contribution in [3.8, 4) is 22.6 Å². The Morgan fingerprint density at radius 3 is 2.17 bits per heavy atom. The van der Waals surface area contributed by atoms with E-state index >= 15 is 0 Å². The third-order valence-corrected chi connectivity index (χ3v) is 6.43. The first-order valence-electron chi connectivity index (χ1n) is 12.3. The number of carbonyl (C=O) groups is 1. The molecule has 2 atom stereocenters. The second-order valence-corrected chi connectivity index (χ2v) is 9.03. The van der Waals surface area contributed by atoms with Gasteiger partial charge in [-0.05, 0) is 74.0 Å². The third kappa shape index (κ3) is 7.67. The van der Waals surface area contributed by atoms with Crippen LogP contribution in [0.2, 0.25) is 0 Å². The van der Waals surface area contributed by atoms with Gasteiger partial charge < -0.3 is 35.0 Å². The molecule has 4 N–H and O–H groups in total. The molecule has 3 rings (SSSR count). The Kier molecular flexibility index (Phi) is 10.3. The molecule has 35 heavy (non-hydrogen) atoms. The maximum Gasteiger partial charge on any atom is 0.323 e. The van der Waals surface area contributed by atoms with Crippen LogP contribution in [0, 0.1) is 13.8 Å². The fourth-order valence-corrected chi connectivity index (χ4v) is 4.37. The summed E-state index contributed by atoms with van der Waals surface area (Å²) in [6.45, 7) is 7.81. The van der Waals surface area contributed by atoms with Crippen molar-refractivity contribution in [1.82, 2.24) is 10.2 Å². The van der Waals surface area contributed by atoms with E-state index in [4.69, 9.17) is 19.7 Å². The molecule has 0 amide bonds. The highest BCUT2D eigenvalue weighted by atomic mass is 16.5. The highest BCUT2D eigenvalue weighted by Gasteiger charge is 2.19. The van der Waals surface area contributed by atoms with Crippen molar-refractivity contribution in [3.63, 3.8) is 0 Å². The number of β-amino-alcohol motifs (C(OH)–C–C–N with tert-alkyl or cyclic N) is 1. The normalized spacial score (nSPS) is 16.9. The third-order valence-electron chi connectivity index (χ3n) is 6.43. The summed E-state index contributed by atoms with van der Waals surface area (Å²) in [5.41, 5.74) is 4.30. The maximum atomic E-state index is 10.9. The van der Waals surface area contributed by atoms with Crippen LogP contribution >= 0.6 is 0 Å². The summed E-state index contributed by atoms with van der Waals surface area (Å²) in [5, 5.41) is 30.5. The number of hydrogen-bond acceptors (Lipinski definition) is 7. The first-order chi connectivity index (χ1) is 16.9. The van der Waals surface area contributed by atoms with Gasteiger partial charge in [0.2, 0.25) is 0 Å². The quantitative estimate of drug-likeness (QED) is 0.302. The Balaban J connectivity index is 1.55. The predicted molar refractivity (Wildman–Crippen MR) is 135 cm³/mol. The molecule has 0 unspecified atom stereocenters. The van der Waals surface area contributed by atoms with E-state index < -0.39 is 18.6 Å². The Hall–Kier alpha value is -2.65. The van der Waals surface area contributed by atoms with Crippen LogP contribution < -0.4 is 14.8 Å². The van der Waals surface area contributed by atoms with Crippen molar-refractivity contribution in [2.24, 2.45) is 0 Å². The van der Waals surface area contributed by atoms with Gasteiger partial charge in [0.15, 0.2) is 0 Å². The number of rotatable bonds is 14. The molecule has 0 spiro atoms. The minimum atomic E-state index is -1.06. The Labute approximate surface area is 207 Å². The van der Waals surface area contributed by atoms with Gasteiger partial charge in [-0.2, -0.15) is 0 Å². The summed E-state index contributed by atoms with van der Waals surface area (Å²) < 4.78 is 12.1. The number of ether oxygens (including phenoxy) is 2. The summed E-state index contributed by atoms with van der Waals surface area (Å²) in [6.07, 6.45) is 2.20. The molecule has 0 radical (unpaired) electrons. The second-order valence-electron chi connectivity index (χ2n) is 9.03. The van der Waals surface area contributed by atoms with E-state index in [1.807, 2.05) is 31.2 Å². The molecule has 1 heterocycles. The number of aliphatic carboxylic acids is 1. The lowest BCUT2D eigenvalue weighted by Gasteiger charge is -2.18. The second kappa shape index (κ2) is 13.4. The number of hydrogen-bond donors (Lipinski definition) is 4. The Morgan fingerprint density at radius 2 is 1.66 bits per heavy atom. The van der Waals surface area contributed by atoms with Crippen LogP contribution in [0.25, 0.3) is 11.1 Å². The number of benzene rings is 2. The number of carboxylic acid groups (broad SMARTS) is 1. The first kappa shape index (κ1) is 26.9. The average molecular weight is 487 g/mol. The molecule has 0 bridgehead atoms. The molecule has 1 aliphatic rings. The fraction of sp³-hybridized carbons (Fsp3) is 0.519. The number of aliphatic hydroxyl groups excluding tert-OH is 2. The van der Waals surface area contributed by atoms with Gasteiger partial charge >= 0.3 is 5.97 Å². The van der Waals surface area contributed by atoms with Crippen molar-refractivity contribution in [2.45, 2.75) is 45.3 Å². The lowest BCUT2D eigenvalue weighted by molar-refractivity contribution is -0.140. The maximum absolute atomic E-state index is 10.9. The zero-order valence-electron chi connectivity index (χ0n) is 20.7. The van der Waals surface area contributed by atoms with Crippen molar-refractivity contribution in [2.75, 3.05) is 46.0 Å². The molecule has 192 valence electrons. The van der Waals surface area contributed by atoms with Crippen LogP contribution in [0.4, 0.5) is 0 Å². The number of aliphatic hydroxyl groups is 2. The molecule has 8 heteroatoms. The number of nitrogens with zero attached hydrogens (tertiary/aromatic N) is 1. The molecule has 0 aromatic heterocycles. The van der Waals surface area contributed by atoms with E-state index in [-0.39, 0.29) is 6.10 Å². The van der Waals surface area contributed by atoms with Gasteiger partial charge in [0.1, 0.15) is 17.5 Å². The van der Waals surface area contributed by atoms with E-state index in [2.05, 4.69) is 29.3 Å². The number of carboxylic acids is 1. The van der Waals surface area contributed by atoms with Crippen molar-refractivity contribution >= 4 is 5.97 Å². The zero-order chi connectivity index (χ0) is 25.2. The number of likely N-dealkylation sites (tertiary alicyclic amines) is 1. The molecule has 2 aromatic carbocycles. The van der Waals surface area contributed by atoms with Gasteiger partial charge in [-0.25, -0.2) is 0 Å². The fourth-order valence-electron chi connectivity index (χ4n) is 4.37. The number of nitrogens with one attached hydrogen (secondary N) is 1. The van der Waals surface area contributed by atoms with Crippen molar-refractivity contribution < 1.29 is 29.6 Å². The van der Waals surface area contributed by atoms with Gasteiger partial charge in [0.05, 0.1) is 25.9 Å². The molecular weight excluding hydrogens is 448 g/mol. The van der Waals surface area contributed by atoms with E-state index in [1.54, 1.807) is 0 Å². The minimum absolute atomic E-state index is 0.190. The van der Waals surface area contributed by atoms with Gasteiger partial charge in [0.25, 0.3) is 0 Å². The van der Waals surface area contributed by atoms with Crippen molar-refractivity contribution in [1.29, 1.82) is 0 Å². The molecule has 2 aromatic rings. The van der Waals surface area contributed by atoms with Crippen LogP contribution in [-0.4, -0.2) is 84.3 Å². The summed E-state index contributed by atoms with van der Waals surface area (Å²) >= 11 is 0. The molecule has 0 saturated carbocycles. The zero-order valence-corrected chi connectivity index (χ0v) is 20.7. The molecular formula is C27H38N2O6. The minimum Gasteiger partial charge on any atom is -0.493 e. The lowest BCUT2D eigenvalue weighted by atomic mass is 9.95. The largest absolute Gasteiger partial charge is 0.493 e. The van der Waals surface area contributed by atoms with E-state index in [0.29, 0.717) is 26.2 Å². The molecule has 1 fully saturated rings. The highest BCUT2D eigenvalue weighted by Crippen LogP contribution is 2.35. The SMILES string of the molecule is Cc1c(OCCCN[C@@H](CO)C(=O)O)cccc1-c1cccc(OCCCN2CC[C@@H](O)C2)c1C. The van der Waals surface area contributed by atoms with Gasteiger partial charge in [-0.15, -0.1) is 0 Å². The molecule has 1 saturated heterocycles. The summed E-state index contributed by atoms with van der Waals surface area (Å²) in [6, 6.07) is 11.1. The van der Waals surface area contributed by atoms with Crippen LogP contribution in [0.15, 0.2) is 36.4 Å². The van der Waals surface area contributed by atoms with Gasteiger partial charge in [0, 0.05) is 19.6 Å². The topological polar surface area (TPSA) is 111 Å². The first-order valence-corrected chi connectivity index (χ1v) is 12.3. The molecule has 8 nitrogen and oxygen atoms in total. The van der Waals surface area contributed by atoms with E-state index in [9.17, 15) is 9.90 Å². The van der Waals surface area contributed by atoms with Crippen LogP contribution in [0.5, 0.6) is 11.5 Å². The van der Waals surface area contributed by atoms with Gasteiger partial charge in [-0.1, -0.05) is 24.3 Å². The molecule has 1 aliphatic heterocycles. The average Bonchev–Trinajstić information content (AvgIpc) is 3.26. The van der Waals surface area contributed by atoms with E-state index in [1.165, 1.54) is 0 Å². The van der Waals surface area contributed by atoms with Crippen LogP contribution in [-0.2, 0) is 4.79 Å². The molecule has 0 aliphatic carbocycles. The predicted octanol–water partition coefficient (Wildman–Crippen LogP) is 2.61. The highest BCUT2D eigenvalue weighted by molar-refractivity contribution is 5.74. The van der Waals surface area contributed by atoms with Crippen LogP contribution in [0.1, 0.15) is 30.4 Å². The summed E-state index contributed by atoms with van der Waals surface area (Å²) in [7, 11) is 0. The van der Waals surface area contributed by atoms with Crippen molar-refractivity contribution in [3.05, 3.63) is 47.5 Å². The van der Waals surface area contributed by atoms with Gasteiger partial charge in [-0.3, -0.25) is 4.79 Å². The van der Waals surface area contributed by atoms with E-state index in [0.717, 1.165) is 66.2 Å². The summed E-state index contributed by atoms with van der Waals surface area (Å²) in [4.78, 5) is 13.2. The Morgan fingerprint density at radius 1 is 1.06 bits per heavy atom. The summed E-state index contributed by atoms with van der Waals surface area (Å²) in [5.74, 6) is 0.598. The monoisotopic (exact) mass is 486 g/mol.